The number of aliphatic carboxylic acids is 1. The Kier molecular flexibility index (Phi) is 10.6. The van der Waals surface area contributed by atoms with Gasteiger partial charge in [-0.15, -0.1) is 0 Å². The lowest BCUT2D eigenvalue weighted by Crippen LogP contribution is -2.59. The van der Waals surface area contributed by atoms with Crippen LogP contribution in [0.5, 0.6) is 0 Å². The molecule has 0 aliphatic carbocycles. The maximum atomic E-state index is 13.0. The number of aromatic nitrogens is 1. The van der Waals surface area contributed by atoms with Crippen LogP contribution in [0.4, 0.5) is 0 Å². The predicted molar refractivity (Wildman–Crippen MR) is 134 cm³/mol. The van der Waals surface area contributed by atoms with Crippen LogP contribution >= 0.6 is 0 Å². The number of H-pyrrole nitrogens is 1. The van der Waals surface area contributed by atoms with Gasteiger partial charge in [-0.2, -0.15) is 0 Å². The highest BCUT2D eigenvalue weighted by molar-refractivity contribution is 5.94. The van der Waals surface area contributed by atoms with E-state index in [0.29, 0.717) is 5.56 Å². The molecule has 13 heteroatoms. The molecule has 10 N–H and O–H groups in total. The van der Waals surface area contributed by atoms with Crippen LogP contribution in [0.3, 0.4) is 0 Å². The van der Waals surface area contributed by atoms with Gasteiger partial charge in [-0.1, -0.05) is 32.0 Å². The molecule has 1 aromatic heterocycles. The van der Waals surface area contributed by atoms with Crippen molar-refractivity contribution in [1.82, 2.24) is 20.9 Å². The topological polar surface area (TPSA) is 230 Å². The van der Waals surface area contributed by atoms with Gasteiger partial charge in [0.05, 0.1) is 12.6 Å². The van der Waals surface area contributed by atoms with Crippen LogP contribution in [0, 0.1) is 5.92 Å². The van der Waals surface area contributed by atoms with Gasteiger partial charge in [0.15, 0.2) is 0 Å². The van der Waals surface area contributed by atoms with E-state index in [4.69, 9.17) is 11.5 Å². The number of nitrogens with two attached hydrogens (primary N) is 2. The zero-order chi connectivity index (χ0) is 27.7. The van der Waals surface area contributed by atoms with Gasteiger partial charge < -0.3 is 42.6 Å². The quantitative estimate of drug-likeness (QED) is 0.146. The minimum atomic E-state index is -1.43. The van der Waals surface area contributed by atoms with Crippen molar-refractivity contribution >= 4 is 40.5 Å². The Balaban J connectivity index is 2.07. The first kappa shape index (κ1) is 29.3. The fourth-order valence-electron chi connectivity index (χ4n) is 3.67. The molecule has 13 nitrogen and oxygen atoms in total. The van der Waals surface area contributed by atoms with Crippen molar-refractivity contribution in [2.75, 3.05) is 6.61 Å². The lowest BCUT2D eigenvalue weighted by atomic mass is 10.0. The summed E-state index contributed by atoms with van der Waals surface area (Å²) in [5, 5.41) is 27.4. The third kappa shape index (κ3) is 8.29. The van der Waals surface area contributed by atoms with Gasteiger partial charge in [0, 0.05) is 29.9 Å². The predicted octanol–water partition coefficient (Wildman–Crippen LogP) is -1.51. The van der Waals surface area contributed by atoms with Gasteiger partial charge in [0.1, 0.15) is 18.1 Å². The molecule has 0 aliphatic heterocycles. The molecule has 2 aromatic rings. The average molecular weight is 519 g/mol. The van der Waals surface area contributed by atoms with Gasteiger partial charge in [-0.3, -0.25) is 19.2 Å². The molecule has 202 valence electrons. The summed E-state index contributed by atoms with van der Waals surface area (Å²) in [6.07, 6.45) is 1.49. The highest BCUT2D eigenvalue weighted by atomic mass is 16.4. The number of carboxylic acid groups (broad SMARTS) is 1. The summed E-state index contributed by atoms with van der Waals surface area (Å²) < 4.78 is 0. The molecule has 0 spiro atoms. The van der Waals surface area contributed by atoms with E-state index in [2.05, 4.69) is 20.9 Å². The van der Waals surface area contributed by atoms with Crippen molar-refractivity contribution in [1.29, 1.82) is 0 Å². The molecule has 1 aromatic carbocycles. The Hall–Kier alpha value is -3.97. The Morgan fingerprint density at radius 3 is 2.22 bits per heavy atom. The van der Waals surface area contributed by atoms with Gasteiger partial charge in [0.2, 0.25) is 23.6 Å². The summed E-state index contributed by atoms with van der Waals surface area (Å²) >= 11 is 0. The number of benzene rings is 1. The summed E-state index contributed by atoms with van der Waals surface area (Å²) in [6.45, 7) is 2.50. The van der Waals surface area contributed by atoms with Crippen molar-refractivity contribution in [3.8, 4) is 0 Å². The highest BCUT2D eigenvalue weighted by Gasteiger charge is 2.32. The van der Waals surface area contributed by atoms with Crippen molar-refractivity contribution < 1.29 is 34.2 Å². The van der Waals surface area contributed by atoms with Crippen LogP contribution < -0.4 is 27.4 Å². The Labute approximate surface area is 213 Å². The van der Waals surface area contributed by atoms with E-state index in [1.165, 1.54) is 0 Å². The second-order valence-electron chi connectivity index (χ2n) is 9.05. The summed E-state index contributed by atoms with van der Waals surface area (Å²) in [5.41, 5.74) is 12.2. The molecule has 0 fully saturated rings. The number of para-hydroxylation sites is 1. The van der Waals surface area contributed by atoms with E-state index in [1.54, 1.807) is 20.0 Å². The molecule has 4 atom stereocenters. The number of aliphatic hydroxyl groups excluding tert-OH is 1. The van der Waals surface area contributed by atoms with Crippen LogP contribution in [-0.2, 0) is 30.4 Å². The summed E-state index contributed by atoms with van der Waals surface area (Å²) in [4.78, 5) is 63.8. The van der Waals surface area contributed by atoms with Gasteiger partial charge in [-0.05, 0) is 24.0 Å². The van der Waals surface area contributed by atoms with E-state index >= 15 is 0 Å². The van der Waals surface area contributed by atoms with Crippen LogP contribution in [-0.4, -0.2) is 75.6 Å². The first-order valence-electron chi connectivity index (χ1n) is 11.8. The number of fused-ring (bicyclic) bond motifs is 1. The van der Waals surface area contributed by atoms with E-state index in [9.17, 15) is 34.2 Å². The number of aromatic amines is 1. The highest BCUT2D eigenvalue weighted by Crippen LogP contribution is 2.19. The molecule has 0 saturated carbocycles. The molecule has 0 bridgehead atoms. The second-order valence-corrected chi connectivity index (χ2v) is 9.05. The zero-order valence-corrected chi connectivity index (χ0v) is 20.7. The molecular formula is C24H34N6O7. The largest absolute Gasteiger partial charge is 0.480 e. The number of amides is 4. The molecule has 0 aliphatic rings. The molecule has 0 saturated heterocycles. The second kappa shape index (κ2) is 13.4. The minimum Gasteiger partial charge on any atom is -0.480 e. The van der Waals surface area contributed by atoms with Crippen molar-refractivity contribution in [3.05, 3.63) is 36.0 Å². The Morgan fingerprint density at radius 1 is 0.973 bits per heavy atom. The van der Waals surface area contributed by atoms with Crippen molar-refractivity contribution in [2.45, 2.75) is 57.3 Å². The number of primary amides is 1. The van der Waals surface area contributed by atoms with E-state index < -0.39 is 66.3 Å². The lowest BCUT2D eigenvalue weighted by molar-refractivity contribution is -0.142. The monoisotopic (exact) mass is 518 g/mol. The smallest absolute Gasteiger partial charge is 0.326 e. The van der Waals surface area contributed by atoms with Crippen LogP contribution in [0.15, 0.2) is 30.5 Å². The fourth-order valence-corrected chi connectivity index (χ4v) is 3.67. The molecular weight excluding hydrogens is 484 g/mol. The van der Waals surface area contributed by atoms with E-state index in [0.717, 1.165) is 10.9 Å². The van der Waals surface area contributed by atoms with Crippen molar-refractivity contribution in [2.24, 2.45) is 17.4 Å². The number of carboxylic acids is 1. The molecule has 1 heterocycles. The first-order valence-corrected chi connectivity index (χ1v) is 11.8. The third-order valence-electron chi connectivity index (χ3n) is 5.81. The lowest BCUT2D eigenvalue weighted by Gasteiger charge is -2.26. The minimum absolute atomic E-state index is 0.00234. The normalized spacial score (nSPS) is 14.4. The zero-order valence-electron chi connectivity index (χ0n) is 20.7. The number of nitrogens with one attached hydrogen (secondary N) is 4. The number of aliphatic hydroxyl groups is 1. The Bertz CT molecular complexity index is 1130. The summed E-state index contributed by atoms with van der Waals surface area (Å²) in [5.74, 6) is -4.75. The van der Waals surface area contributed by atoms with Crippen LogP contribution in [0.2, 0.25) is 0 Å². The van der Waals surface area contributed by atoms with E-state index in [-0.39, 0.29) is 19.3 Å². The SMILES string of the molecule is CC(C)C(NC(=O)C(CO)NC(=O)C(N)CCC(N)=O)C(=O)NC(Cc1c[nH]c2ccccc12)C(=O)O. The van der Waals surface area contributed by atoms with E-state index in [1.807, 2.05) is 24.3 Å². The number of carbonyl (C=O) groups excluding carboxylic acids is 4. The standard InChI is InChI=1S/C24H34N6O7/c1-12(2)20(30-22(34)18(11-31)29-21(33)15(25)7-8-19(26)32)23(35)28-17(24(36)37)9-13-10-27-16-6-4-3-5-14(13)16/h3-6,10,12,15,17-18,20,27,31H,7-9,11,25H2,1-2H3,(H2,26,32)(H,28,35)(H,29,33)(H,30,34)(H,36,37). The number of hydrogen-bond acceptors (Lipinski definition) is 7. The Morgan fingerprint density at radius 2 is 1.62 bits per heavy atom. The van der Waals surface area contributed by atoms with Gasteiger partial charge in [0.25, 0.3) is 0 Å². The first-order chi connectivity index (χ1) is 17.4. The number of hydrogen-bond donors (Lipinski definition) is 8. The average Bonchev–Trinajstić information content (AvgIpc) is 3.25. The maximum absolute atomic E-state index is 13.0. The van der Waals surface area contributed by atoms with Gasteiger partial charge >= 0.3 is 5.97 Å². The molecule has 4 amide bonds. The molecule has 37 heavy (non-hydrogen) atoms. The molecule has 4 unspecified atom stereocenters. The molecule has 2 rings (SSSR count). The number of carbonyl (C=O) groups is 5. The molecule has 0 radical (unpaired) electrons. The summed E-state index contributed by atoms with van der Waals surface area (Å²) in [6, 6.07) is 2.33. The third-order valence-corrected chi connectivity index (χ3v) is 5.81. The fraction of sp³-hybridized carbons (Fsp3) is 0.458. The van der Waals surface area contributed by atoms with Gasteiger partial charge in [-0.25, -0.2) is 4.79 Å². The maximum Gasteiger partial charge on any atom is 0.326 e. The number of rotatable bonds is 14. The summed E-state index contributed by atoms with van der Waals surface area (Å²) in [7, 11) is 0. The van der Waals surface area contributed by atoms with Crippen LogP contribution in [0.25, 0.3) is 10.9 Å². The van der Waals surface area contributed by atoms with Crippen molar-refractivity contribution in [3.63, 3.8) is 0 Å². The van der Waals surface area contributed by atoms with Crippen LogP contribution in [0.1, 0.15) is 32.3 Å².